The van der Waals surface area contributed by atoms with Gasteiger partial charge in [-0.1, -0.05) is 22.0 Å². The van der Waals surface area contributed by atoms with Crippen molar-refractivity contribution in [1.82, 2.24) is 5.32 Å². The van der Waals surface area contributed by atoms with Gasteiger partial charge in [0.25, 0.3) is 11.8 Å². The van der Waals surface area contributed by atoms with E-state index in [1.807, 2.05) is 25.1 Å². The summed E-state index contributed by atoms with van der Waals surface area (Å²) in [6, 6.07) is 12.6. The Labute approximate surface area is 236 Å². The molecule has 0 aliphatic carbocycles. The molecule has 0 aromatic heterocycles. The van der Waals surface area contributed by atoms with Crippen molar-refractivity contribution < 1.29 is 42.8 Å². The van der Waals surface area contributed by atoms with Crippen LogP contribution in [0.2, 0.25) is 0 Å². The number of ether oxygens (including phenoxy) is 6. The van der Waals surface area contributed by atoms with Crippen LogP contribution in [0.25, 0.3) is 6.08 Å². The Morgan fingerprint density at radius 3 is 2.30 bits per heavy atom. The third kappa shape index (κ3) is 4.77. The normalized spacial score (nSPS) is 16.4. The van der Waals surface area contributed by atoms with Gasteiger partial charge >= 0.3 is 6.03 Å². The molecule has 40 heavy (non-hydrogen) atoms. The van der Waals surface area contributed by atoms with E-state index in [4.69, 9.17) is 28.4 Å². The van der Waals surface area contributed by atoms with Gasteiger partial charge in [-0.05, 0) is 60.5 Å². The molecular weight excluding hydrogens is 588 g/mol. The fourth-order valence-corrected chi connectivity index (χ4v) is 4.74. The van der Waals surface area contributed by atoms with Crippen LogP contribution in [-0.4, -0.2) is 38.0 Å². The molecule has 3 aliphatic heterocycles. The highest BCUT2D eigenvalue weighted by Gasteiger charge is 2.37. The molecule has 11 nitrogen and oxygen atoms in total. The molecule has 0 atom stereocenters. The number of fused-ring (bicyclic) bond motifs is 2. The molecular formula is C28H21BrN2O9. The van der Waals surface area contributed by atoms with Gasteiger partial charge in [-0.15, -0.1) is 0 Å². The van der Waals surface area contributed by atoms with Gasteiger partial charge in [0.05, 0.1) is 12.3 Å². The first kappa shape index (κ1) is 25.6. The number of amides is 4. The van der Waals surface area contributed by atoms with Crippen molar-refractivity contribution in [3.63, 3.8) is 0 Å². The molecule has 1 saturated heterocycles. The van der Waals surface area contributed by atoms with Gasteiger partial charge in [-0.3, -0.25) is 14.9 Å². The van der Waals surface area contributed by atoms with Crippen LogP contribution in [0.5, 0.6) is 34.5 Å². The standard InChI is InChI=1S/C28H21BrN2O9/c1-2-35-23-9-16(19(29)11-25(23)36-12-15-3-5-20-22(7-15)39-13-37-20)8-18-26(32)30-28(34)31(27(18)33)17-4-6-21-24(10-17)40-14-38-21/h3-11H,2,12-14H2,1H3,(H,30,32,34)/b18-8+. The summed E-state index contributed by atoms with van der Waals surface area (Å²) >= 11 is 3.50. The third-order valence-electron chi connectivity index (χ3n) is 6.21. The maximum absolute atomic E-state index is 13.4. The highest BCUT2D eigenvalue weighted by atomic mass is 79.9. The molecule has 1 N–H and O–H groups in total. The maximum Gasteiger partial charge on any atom is 0.335 e. The molecule has 12 heteroatoms. The topological polar surface area (TPSA) is 122 Å². The zero-order valence-electron chi connectivity index (χ0n) is 21.0. The van der Waals surface area contributed by atoms with Crippen LogP contribution in [0.4, 0.5) is 10.5 Å². The molecule has 4 amide bonds. The van der Waals surface area contributed by atoms with E-state index in [1.165, 1.54) is 18.2 Å². The minimum Gasteiger partial charge on any atom is -0.490 e. The van der Waals surface area contributed by atoms with Crippen molar-refractivity contribution in [2.45, 2.75) is 13.5 Å². The number of hydrogen-bond donors (Lipinski definition) is 1. The first-order valence-electron chi connectivity index (χ1n) is 12.2. The van der Waals surface area contributed by atoms with Gasteiger partial charge in [0, 0.05) is 10.5 Å². The quantitative estimate of drug-likeness (QED) is 0.304. The number of barbiturate groups is 1. The molecule has 0 unspecified atom stereocenters. The van der Waals surface area contributed by atoms with Crippen molar-refractivity contribution in [3.8, 4) is 34.5 Å². The van der Waals surface area contributed by atoms with Gasteiger partial charge in [0.2, 0.25) is 13.6 Å². The number of urea groups is 1. The fourth-order valence-electron chi connectivity index (χ4n) is 4.31. The summed E-state index contributed by atoms with van der Waals surface area (Å²) in [4.78, 5) is 39.6. The lowest BCUT2D eigenvalue weighted by molar-refractivity contribution is -0.122. The van der Waals surface area contributed by atoms with Crippen molar-refractivity contribution in [2.24, 2.45) is 0 Å². The average Bonchev–Trinajstić information content (AvgIpc) is 3.60. The van der Waals surface area contributed by atoms with E-state index >= 15 is 0 Å². The summed E-state index contributed by atoms with van der Waals surface area (Å²) in [6.07, 6.45) is 1.39. The monoisotopic (exact) mass is 608 g/mol. The van der Waals surface area contributed by atoms with Gasteiger partial charge in [0.1, 0.15) is 12.2 Å². The summed E-state index contributed by atoms with van der Waals surface area (Å²) in [5.41, 5.74) is 1.32. The fraction of sp³-hybridized carbons (Fsp3) is 0.179. The molecule has 0 spiro atoms. The molecule has 1 fully saturated rings. The highest BCUT2D eigenvalue weighted by molar-refractivity contribution is 9.10. The Bertz CT molecular complexity index is 1590. The third-order valence-corrected chi connectivity index (χ3v) is 6.90. The largest absolute Gasteiger partial charge is 0.490 e. The molecule has 0 radical (unpaired) electrons. The maximum atomic E-state index is 13.4. The molecule has 0 saturated carbocycles. The number of hydrogen-bond acceptors (Lipinski definition) is 9. The van der Waals surface area contributed by atoms with E-state index in [1.54, 1.807) is 18.2 Å². The summed E-state index contributed by atoms with van der Waals surface area (Å²) in [6.45, 7) is 2.63. The molecule has 6 rings (SSSR count). The lowest BCUT2D eigenvalue weighted by Gasteiger charge is -2.26. The summed E-state index contributed by atoms with van der Waals surface area (Å²) in [5, 5.41) is 2.22. The van der Waals surface area contributed by atoms with E-state index in [0.29, 0.717) is 51.1 Å². The Balaban J connectivity index is 1.28. The number of rotatable bonds is 7. The Morgan fingerprint density at radius 1 is 0.875 bits per heavy atom. The average molecular weight is 609 g/mol. The van der Waals surface area contributed by atoms with E-state index in [2.05, 4.69) is 21.2 Å². The minimum atomic E-state index is -0.868. The SMILES string of the molecule is CCOc1cc(/C=C2\C(=O)NC(=O)N(c3ccc4c(c3)OCO4)C2=O)c(Br)cc1OCc1ccc2c(c1)OCO2. The number of imide groups is 2. The zero-order chi connectivity index (χ0) is 27.8. The van der Waals surface area contributed by atoms with Crippen LogP contribution in [0.1, 0.15) is 18.1 Å². The van der Waals surface area contributed by atoms with Crippen LogP contribution in [0, 0.1) is 0 Å². The van der Waals surface area contributed by atoms with Gasteiger partial charge in [-0.2, -0.15) is 0 Å². The number of benzene rings is 3. The van der Waals surface area contributed by atoms with Crippen LogP contribution in [0.3, 0.4) is 0 Å². The number of halogens is 1. The second-order valence-corrected chi connectivity index (χ2v) is 9.58. The van der Waals surface area contributed by atoms with Crippen molar-refractivity contribution in [1.29, 1.82) is 0 Å². The predicted octanol–water partition coefficient (Wildman–Crippen LogP) is 4.55. The van der Waals surface area contributed by atoms with Crippen molar-refractivity contribution in [3.05, 3.63) is 69.7 Å². The molecule has 3 aromatic rings. The number of carbonyl (C=O) groups excluding carboxylic acids is 3. The summed E-state index contributed by atoms with van der Waals surface area (Å²) < 4.78 is 33.8. The lowest BCUT2D eigenvalue weighted by Crippen LogP contribution is -2.54. The summed E-state index contributed by atoms with van der Waals surface area (Å²) in [7, 11) is 0. The number of carbonyl (C=O) groups is 3. The van der Waals surface area contributed by atoms with Gasteiger partial charge in [0.15, 0.2) is 34.5 Å². The van der Waals surface area contributed by atoms with Crippen LogP contribution in [-0.2, 0) is 16.2 Å². The zero-order valence-corrected chi connectivity index (χ0v) is 22.6. The first-order chi connectivity index (χ1) is 19.4. The van der Waals surface area contributed by atoms with E-state index in [-0.39, 0.29) is 31.5 Å². The smallest absolute Gasteiger partial charge is 0.335 e. The number of anilines is 1. The molecule has 0 bridgehead atoms. The Morgan fingerprint density at radius 2 is 1.55 bits per heavy atom. The molecule has 3 aliphatic rings. The van der Waals surface area contributed by atoms with Crippen LogP contribution in [0.15, 0.2) is 58.6 Å². The molecule has 3 aromatic carbocycles. The second-order valence-electron chi connectivity index (χ2n) is 8.73. The first-order valence-corrected chi connectivity index (χ1v) is 13.0. The number of nitrogens with zero attached hydrogens (tertiary/aromatic N) is 1. The minimum absolute atomic E-state index is 0.0369. The second kappa shape index (κ2) is 10.5. The van der Waals surface area contributed by atoms with Crippen LogP contribution >= 0.6 is 15.9 Å². The van der Waals surface area contributed by atoms with Gasteiger partial charge < -0.3 is 28.4 Å². The van der Waals surface area contributed by atoms with Crippen molar-refractivity contribution >= 4 is 45.5 Å². The van der Waals surface area contributed by atoms with E-state index in [9.17, 15) is 14.4 Å². The van der Waals surface area contributed by atoms with Crippen LogP contribution < -0.4 is 38.6 Å². The Hall–Kier alpha value is -4.71. The molecule has 3 heterocycles. The summed E-state index contributed by atoms with van der Waals surface area (Å²) in [5.74, 6) is 1.46. The van der Waals surface area contributed by atoms with Gasteiger partial charge in [-0.25, -0.2) is 9.69 Å². The number of nitrogens with one attached hydrogen (secondary N) is 1. The Kier molecular flexibility index (Phi) is 6.68. The van der Waals surface area contributed by atoms with Crippen molar-refractivity contribution in [2.75, 3.05) is 25.1 Å². The predicted molar refractivity (Wildman–Crippen MR) is 144 cm³/mol. The lowest BCUT2D eigenvalue weighted by atomic mass is 10.1. The molecule has 204 valence electrons. The van der Waals surface area contributed by atoms with E-state index in [0.717, 1.165) is 10.5 Å². The van der Waals surface area contributed by atoms with E-state index < -0.39 is 17.8 Å². The highest BCUT2D eigenvalue weighted by Crippen LogP contribution is 2.39.